The van der Waals surface area contributed by atoms with Crippen LogP contribution in [0.3, 0.4) is 0 Å². The summed E-state index contributed by atoms with van der Waals surface area (Å²) in [6.45, 7) is 5.94. The third kappa shape index (κ3) is 6.76. The molecule has 2 rings (SSSR count). The topological polar surface area (TPSA) is 92.0 Å². The molecule has 0 bridgehead atoms. The number of rotatable bonds is 8. The van der Waals surface area contributed by atoms with Gasteiger partial charge in [0.2, 0.25) is 5.91 Å². The number of primary amides is 1. The van der Waals surface area contributed by atoms with Crippen molar-refractivity contribution in [2.45, 2.75) is 69.9 Å². The molecule has 0 aromatic rings. The molecular weight excluding hydrogens is 330 g/mol. The Kier molecular flexibility index (Phi) is 8.65. The molecule has 1 heterocycles. The zero-order valence-electron chi connectivity index (χ0n) is 16.6. The lowest BCUT2D eigenvalue weighted by atomic mass is 9.84. The molecule has 0 radical (unpaired) electrons. The van der Waals surface area contributed by atoms with Crippen molar-refractivity contribution in [2.75, 3.05) is 39.8 Å². The van der Waals surface area contributed by atoms with Crippen molar-refractivity contribution in [1.29, 1.82) is 0 Å². The van der Waals surface area contributed by atoms with E-state index in [0.717, 1.165) is 64.3 Å². The fraction of sp³-hybridized carbons (Fsp3) is 0.895. The maximum Gasteiger partial charge on any atom is 0.231 e. The molecule has 1 aliphatic carbocycles. The van der Waals surface area contributed by atoms with Gasteiger partial charge in [-0.05, 0) is 32.1 Å². The van der Waals surface area contributed by atoms with Crippen LogP contribution in [0.5, 0.6) is 0 Å². The second-order valence-electron chi connectivity index (χ2n) is 7.68. The van der Waals surface area contributed by atoms with Crippen molar-refractivity contribution in [3.05, 3.63) is 0 Å². The van der Waals surface area contributed by atoms with Crippen molar-refractivity contribution in [1.82, 2.24) is 15.5 Å². The van der Waals surface area contributed by atoms with Gasteiger partial charge in [-0.15, -0.1) is 0 Å². The summed E-state index contributed by atoms with van der Waals surface area (Å²) in [5.74, 6) is 0.599. The van der Waals surface area contributed by atoms with Crippen molar-refractivity contribution < 1.29 is 9.53 Å². The highest BCUT2D eigenvalue weighted by molar-refractivity contribution is 5.80. The maximum atomic E-state index is 11.0. The SMILES string of the molecule is CCCOC1(CNC(=NC)NC2CCN(CC(N)=O)CC2)CCCCC1. The molecule has 1 saturated heterocycles. The van der Waals surface area contributed by atoms with Crippen LogP contribution in [0.15, 0.2) is 4.99 Å². The fourth-order valence-electron chi connectivity index (χ4n) is 3.98. The largest absolute Gasteiger partial charge is 0.373 e. The van der Waals surface area contributed by atoms with Crippen LogP contribution in [-0.2, 0) is 9.53 Å². The Morgan fingerprint density at radius 3 is 2.54 bits per heavy atom. The van der Waals surface area contributed by atoms with E-state index in [-0.39, 0.29) is 11.5 Å². The quantitative estimate of drug-likeness (QED) is 0.443. The number of carbonyl (C=O) groups is 1. The van der Waals surface area contributed by atoms with E-state index in [4.69, 9.17) is 10.5 Å². The van der Waals surface area contributed by atoms with Crippen LogP contribution >= 0.6 is 0 Å². The van der Waals surface area contributed by atoms with E-state index in [1.54, 1.807) is 0 Å². The van der Waals surface area contributed by atoms with Crippen molar-refractivity contribution in [3.8, 4) is 0 Å². The number of hydrogen-bond acceptors (Lipinski definition) is 4. The number of nitrogens with two attached hydrogens (primary N) is 1. The number of piperidine rings is 1. The number of hydrogen-bond donors (Lipinski definition) is 3. The van der Waals surface area contributed by atoms with Gasteiger partial charge >= 0.3 is 0 Å². The van der Waals surface area contributed by atoms with Gasteiger partial charge in [-0.3, -0.25) is 14.7 Å². The minimum atomic E-state index is -0.251. The Labute approximate surface area is 158 Å². The van der Waals surface area contributed by atoms with Crippen LogP contribution in [0.25, 0.3) is 0 Å². The van der Waals surface area contributed by atoms with Crippen LogP contribution in [0.2, 0.25) is 0 Å². The summed E-state index contributed by atoms with van der Waals surface area (Å²) in [5, 5.41) is 7.04. The molecular formula is C19H37N5O2. The van der Waals surface area contributed by atoms with Gasteiger partial charge in [0.15, 0.2) is 5.96 Å². The third-order valence-corrected chi connectivity index (χ3v) is 5.49. The van der Waals surface area contributed by atoms with Crippen LogP contribution < -0.4 is 16.4 Å². The number of amides is 1. The molecule has 0 aromatic heterocycles. The van der Waals surface area contributed by atoms with E-state index in [1.807, 2.05) is 7.05 Å². The summed E-state index contributed by atoms with van der Waals surface area (Å²) < 4.78 is 6.26. The highest BCUT2D eigenvalue weighted by atomic mass is 16.5. The monoisotopic (exact) mass is 367 g/mol. The van der Waals surface area contributed by atoms with E-state index in [0.29, 0.717) is 12.6 Å². The number of carbonyl (C=O) groups excluding carboxylic acids is 1. The maximum absolute atomic E-state index is 11.0. The molecule has 26 heavy (non-hydrogen) atoms. The number of aliphatic imine (C=N–C) groups is 1. The minimum Gasteiger partial charge on any atom is -0.373 e. The number of nitrogens with zero attached hydrogens (tertiary/aromatic N) is 2. The average Bonchev–Trinajstić information content (AvgIpc) is 2.65. The first-order chi connectivity index (χ1) is 12.6. The molecule has 0 aromatic carbocycles. The molecule has 7 nitrogen and oxygen atoms in total. The number of likely N-dealkylation sites (tertiary alicyclic amines) is 1. The zero-order valence-corrected chi connectivity index (χ0v) is 16.6. The standard InChI is InChI=1S/C19H37N5O2/c1-3-13-26-19(9-5-4-6-10-19)15-22-18(21-2)23-16-7-11-24(12-8-16)14-17(20)25/h16H,3-15H2,1-2H3,(H2,20,25)(H2,21,22,23). The molecule has 2 fully saturated rings. The number of ether oxygens (including phenoxy) is 1. The summed E-state index contributed by atoms with van der Waals surface area (Å²) in [6, 6.07) is 0.379. The highest BCUT2D eigenvalue weighted by Crippen LogP contribution is 2.31. The van der Waals surface area contributed by atoms with Crippen LogP contribution in [0.4, 0.5) is 0 Å². The lowest BCUT2D eigenvalue weighted by molar-refractivity contribution is -0.119. The first-order valence-electron chi connectivity index (χ1n) is 10.2. The van der Waals surface area contributed by atoms with Gasteiger partial charge in [0, 0.05) is 39.3 Å². The molecule has 0 spiro atoms. The number of guanidine groups is 1. The Morgan fingerprint density at radius 2 is 1.96 bits per heavy atom. The van der Waals surface area contributed by atoms with E-state index in [2.05, 4.69) is 27.4 Å². The van der Waals surface area contributed by atoms with Crippen LogP contribution in [0.1, 0.15) is 58.3 Å². The van der Waals surface area contributed by atoms with Gasteiger partial charge < -0.3 is 21.1 Å². The second-order valence-corrected chi connectivity index (χ2v) is 7.68. The summed E-state index contributed by atoms with van der Waals surface area (Å²) in [5.41, 5.74) is 5.24. The lowest BCUT2D eigenvalue weighted by Gasteiger charge is -2.38. The predicted octanol–water partition coefficient (Wildman–Crippen LogP) is 1.23. The van der Waals surface area contributed by atoms with Gasteiger partial charge in [-0.25, -0.2) is 0 Å². The normalized spacial score (nSPS) is 22.2. The van der Waals surface area contributed by atoms with E-state index >= 15 is 0 Å². The molecule has 1 amide bonds. The van der Waals surface area contributed by atoms with Crippen LogP contribution in [-0.4, -0.2) is 68.2 Å². The summed E-state index contributed by atoms with van der Waals surface area (Å²) >= 11 is 0. The minimum absolute atomic E-state index is 0.0449. The smallest absolute Gasteiger partial charge is 0.231 e. The third-order valence-electron chi connectivity index (χ3n) is 5.49. The van der Waals surface area contributed by atoms with E-state index in [9.17, 15) is 4.79 Å². The van der Waals surface area contributed by atoms with E-state index in [1.165, 1.54) is 19.3 Å². The Balaban J connectivity index is 1.79. The van der Waals surface area contributed by atoms with Gasteiger partial charge in [-0.1, -0.05) is 26.2 Å². The molecule has 2 aliphatic rings. The molecule has 0 unspecified atom stereocenters. The molecule has 1 saturated carbocycles. The summed E-state index contributed by atoms with van der Waals surface area (Å²) in [7, 11) is 1.82. The summed E-state index contributed by atoms with van der Waals surface area (Å²) in [4.78, 5) is 17.6. The van der Waals surface area contributed by atoms with Gasteiger partial charge in [0.25, 0.3) is 0 Å². The predicted molar refractivity (Wildman–Crippen MR) is 105 cm³/mol. The van der Waals surface area contributed by atoms with Gasteiger partial charge in [-0.2, -0.15) is 0 Å². The zero-order chi connectivity index (χ0) is 18.8. The average molecular weight is 368 g/mol. The van der Waals surface area contributed by atoms with Crippen molar-refractivity contribution in [2.24, 2.45) is 10.7 Å². The second kappa shape index (κ2) is 10.7. The van der Waals surface area contributed by atoms with Crippen molar-refractivity contribution in [3.63, 3.8) is 0 Å². The Morgan fingerprint density at radius 1 is 1.27 bits per heavy atom. The molecule has 7 heteroatoms. The lowest BCUT2D eigenvalue weighted by Crippen LogP contribution is -2.53. The van der Waals surface area contributed by atoms with Crippen molar-refractivity contribution >= 4 is 11.9 Å². The Hall–Kier alpha value is -1.34. The first-order valence-corrected chi connectivity index (χ1v) is 10.2. The van der Waals surface area contributed by atoms with Gasteiger partial charge in [0.05, 0.1) is 12.1 Å². The molecule has 150 valence electrons. The highest BCUT2D eigenvalue weighted by Gasteiger charge is 2.33. The first kappa shape index (κ1) is 21.0. The van der Waals surface area contributed by atoms with Crippen LogP contribution in [0, 0.1) is 0 Å². The van der Waals surface area contributed by atoms with Gasteiger partial charge in [0.1, 0.15) is 0 Å². The molecule has 0 atom stereocenters. The molecule has 1 aliphatic heterocycles. The Bertz CT molecular complexity index is 455. The fourth-order valence-corrected chi connectivity index (χ4v) is 3.98. The molecule has 4 N–H and O–H groups in total. The summed E-state index contributed by atoms with van der Waals surface area (Å²) in [6.07, 6.45) is 9.10. The number of nitrogens with one attached hydrogen (secondary N) is 2. The van der Waals surface area contributed by atoms with E-state index < -0.39 is 0 Å².